The van der Waals surface area contributed by atoms with Crippen LogP contribution in [0.1, 0.15) is 89.4 Å². The summed E-state index contributed by atoms with van der Waals surface area (Å²) in [7, 11) is 1.27. The van der Waals surface area contributed by atoms with E-state index in [-0.39, 0.29) is 29.8 Å². The highest BCUT2D eigenvalue weighted by molar-refractivity contribution is 6.46. The van der Waals surface area contributed by atoms with Gasteiger partial charge in [-0.05, 0) is 112 Å². The average molecular weight is 619 g/mol. The quantitative estimate of drug-likeness (QED) is 0.0597. The van der Waals surface area contributed by atoms with E-state index in [1.165, 1.54) is 26.4 Å². The molecule has 0 spiro atoms. The van der Waals surface area contributed by atoms with Crippen molar-refractivity contribution in [3.8, 4) is 0 Å². The third-order valence-corrected chi connectivity index (χ3v) is 10.5. The highest BCUT2D eigenvalue weighted by atomic mass is 16.7. The minimum Gasteiger partial charge on any atom is -0.469 e. The van der Waals surface area contributed by atoms with Gasteiger partial charge in [0.25, 0.3) is 0 Å². The largest absolute Gasteiger partial charge is 0.469 e. The first kappa shape index (κ1) is 30.1. The molecule has 4 fully saturated rings. The zero-order valence-electron chi connectivity index (χ0n) is 26.3. The molecule has 46 heavy (non-hydrogen) atoms. The van der Waals surface area contributed by atoms with Crippen molar-refractivity contribution in [2.45, 2.75) is 64.8 Å². The number of nitrogens with zero attached hydrogens (tertiary/aromatic N) is 2. The van der Waals surface area contributed by atoms with Gasteiger partial charge in [-0.15, -0.1) is 0 Å². The topological polar surface area (TPSA) is 104 Å². The summed E-state index contributed by atoms with van der Waals surface area (Å²) in [5.74, 6) is 0.638. The Kier molecular flexibility index (Phi) is 7.83. The van der Waals surface area contributed by atoms with E-state index >= 15 is 0 Å². The maximum atomic E-state index is 14.2. The molecule has 4 aliphatic rings. The molecule has 4 aromatic rings. The molecule has 0 saturated heterocycles. The molecular formula is C38H38N2O6. The second-order valence-corrected chi connectivity index (χ2v) is 13.4. The number of esters is 1. The van der Waals surface area contributed by atoms with Gasteiger partial charge < -0.3 is 14.1 Å². The zero-order chi connectivity index (χ0) is 32.0. The fourth-order valence-corrected chi connectivity index (χ4v) is 8.84. The smallest absolute Gasteiger partial charge is 0.365 e. The number of hydrogen-bond donors (Lipinski definition) is 0. The van der Waals surface area contributed by atoms with E-state index in [4.69, 9.17) is 9.57 Å². The van der Waals surface area contributed by atoms with Gasteiger partial charge in [0.2, 0.25) is 5.78 Å². The number of carbonyl (C=O) groups excluding carboxylic acids is 4. The van der Waals surface area contributed by atoms with Crippen LogP contribution in [-0.4, -0.2) is 40.9 Å². The van der Waals surface area contributed by atoms with E-state index in [1.807, 2.05) is 30.3 Å². The Morgan fingerprint density at radius 3 is 1.96 bits per heavy atom. The molecule has 236 valence electrons. The molecule has 0 unspecified atom stereocenters. The summed E-state index contributed by atoms with van der Waals surface area (Å²) in [4.78, 5) is 57.8. The molecule has 4 saturated carbocycles. The van der Waals surface area contributed by atoms with Crippen LogP contribution in [0.25, 0.3) is 21.8 Å². The SMILES string of the molecule is CCn1c2ccc(C(=O)/C(CCC(=O)OC)=N\OC(=O)c3ccccc3)cc2c2cc(C(=O)C34CC5CC(CC(C5)C3)C4)ccc21. The molecule has 0 atom stereocenters. The molecule has 0 aliphatic heterocycles. The van der Waals surface area contributed by atoms with Crippen molar-refractivity contribution in [2.75, 3.05) is 7.11 Å². The van der Waals surface area contributed by atoms with Crippen molar-refractivity contribution in [1.29, 1.82) is 0 Å². The van der Waals surface area contributed by atoms with E-state index in [9.17, 15) is 19.2 Å². The number of fused-ring (bicyclic) bond motifs is 3. The molecule has 8 heteroatoms. The number of rotatable bonds is 10. The van der Waals surface area contributed by atoms with Gasteiger partial charge in [0, 0.05) is 51.3 Å². The molecular weight excluding hydrogens is 580 g/mol. The number of hydrogen-bond acceptors (Lipinski definition) is 7. The van der Waals surface area contributed by atoms with E-state index in [0.29, 0.717) is 28.9 Å². The fraction of sp³-hybridized carbons (Fsp3) is 0.395. The van der Waals surface area contributed by atoms with Crippen LogP contribution in [0.4, 0.5) is 0 Å². The van der Waals surface area contributed by atoms with Crippen molar-refractivity contribution in [3.63, 3.8) is 0 Å². The van der Waals surface area contributed by atoms with Crippen LogP contribution >= 0.6 is 0 Å². The van der Waals surface area contributed by atoms with Crippen LogP contribution in [0.3, 0.4) is 0 Å². The van der Waals surface area contributed by atoms with Crippen LogP contribution in [0.15, 0.2) is 71.9 Å². The monoisotopic (exact) mass is 618 g/mol. The summed E-state index contributed by atoms with van der Waals surface area (Å²) in [6.45, 7) is 2.79. The Hall–Kier alpha value is -4.59. The number of ether oxygens (including phenoxy) is 1. The van der Waals surface area contributed by atoms with Gasteiger partial charge in [0.15, 0.2) is 5.78 Å². The Bertz CT molecular complexity index is 1870. The molecule has 4 aliphatic carbocycles. The normalized spacial score (nSPS) is 23.5. The molecule has 8 rings (SSSR count). The van der Waals surface area contributed by atoms with Gasteiger partial charge in [0.05, 0.1) is 19.1 Å². The van der Waals surface area contributed by atoms with E-state index in [2.05, 4.69) is 16.6 Å². The Morgan fingerprint density at radius 2 is 1.37 bits per heavy atom. The summed E-state index contributed by atoms with van der Waals surface area (Å²) >= 11 is 0. The zero-order valence-corrected chi connectivity index (χ0v) is 26.3. The van der Waals surface area contributed by atoms with Crippen LogP contribution in [0.5, 0.6) is 0 Å². The number of aryl methyl sites for hydroxylation is 1. The minimum atomic E-state index is -0.707. The summed E-state index contributed by atoms with van der Waals surface area (Å²) in [5, 5.41) is 5.71. The van der Waals surface area contributed by atoms with Gasteiger partial charge in [-0.2, -0.15) is 0 Å². The molecule has 0 radical (unpaired) electrons. The third kappa shape index (κ3) is 5.33. The molecule has 8 nitrogen and oxygen atoms in total. The van der Waals surface area contributed by atoms with Gasteiger partial charge in [-0.3, -0.25) is 14.4 Å². The Labute approximate surface area is 267 Å². The van der Waals surface area contributed by atoms with Gasteiger partial charge in [0.1, 0.15) is 5.71 Å². The minimum absolute atomic E-state index is 0.0634. The predicted octanol–water partition coefficient (Wildman–Crippen LogP) is 7.56. The Morgan fingerprint density at radius 1 is 0.783 bits per heavy atom. The lowest BCUT2D eigenvalue weighted by Gasteiger charge is -2.56. The lowest BCUT2D eigenvalue weighted by Crippen LogP contribution is -2.50. The third-order valence-electron chi connectivity index (χ3n) is 10.5. The number of carbonyl (C=O) groups is 4. The van der Waals surface area contributed by atoms with Crippen LogP contribution in [-0.2, 0) is 20.9 Å². The highest BCUT2D eigenvalue weighted by Crippen LogP contribution is 2.61. The van der Waals surface area contributed by atoms with Gasteiger partial charge >= 0.3 is 11.9 Å². The summed E-state index contributed by atoms with van der Waals surface area (Å²) in [6, 6.07) is 19.9. The first-order valence-electron chi connectivity index (χ1n) is 16.3. The predicted molar refractivity (Wildman–Crippen MR) is 175 cm³/mol. The number of benzene rings is 3. The average Bonchev–Trinajstić information content (AvgIpc) is 3.39. The summed E-state index contributed by atoms with van der Waals surface area (Å²) in [6.07, 6.45) is 6.70. The van der Waals surface area contributed by atoms with Crippen LogP contribution in [0, 0.1) is 23.2 Å². The number of oxime groups is 1. The van der Waals surface area contributed by atoms with Crippen LogP contribution < -0.4 is 0 Å². The second kappa shape index (κ2) is 12.0. The van der Waals surface area contributed by atoms with Gasteiger partial charge in [-0.1, -0.05) is 23.4 Å². The first-order chi connectivity index (χ1) is 22.3. The molecule has 1 heterocycles. The van der Waals surface area contributed by atoms with Crippen molar-refractivity contribution in [1.82, 2.24) is 4.57 Å². The lowest BCUT2D eigenvalue weighted by molar-refractivity contribution is -0.140. The highest BCUT2D eigenvalue weighted by Gasteiger charge is 2.54. The maximum absolute atomic E-state index is 14.2. The maximum Gasteiger partial charge on any atom is 0.365 e. The number of Topliss-reactive ketones (excluding diaryl/α,β-unsaturated/α-hetero) is 2. The number of methoxy groups -OCH3 is 1. The molecule has 1 aromatic heterocycles. The first-order valence-corrected chi connectivity index (χ1v) is 16.3. The molecule has 0 N–H and O–H groups in total. The lowest BCUT2D eigenvalue weighted by atomic mass is 9.48. The van der Waals surface area contributed by atoms with E-state index in [0.717, 1.165) is 53.2 Å². The van der Waals surface area contributed by atoms with Crippen molar-refractivity contribution in [3.05, 3.63) is 83.4 Å². The molecule has 3 aromatic carbocycles. The summed E-state index contributed by atoms with van der Waals surface area (Å²) in [5.41, 5.74) is 3.03. The van der Waals surface area contributed by atoms with E-state index in [1.54, 1.807) is 36.4 Å². The fourth-order valence-electron chi connectivity index (χ4n) is 8.84. The van der Waals surface area contributed by atoms with Crippen molar-refractivity contribution >= 4 is 51.0 Å². The van der Waals surface area contributed by atoms with Crippen molar-refractivity contribution in [2.24, 2.45) is 28.3 Å². The van der Waals surface area contributed by atoms with E-state index < -0.39 is 17.7 Å². The molecule has 4 bridgehead atoms. The number of aromatic nitrogens is 1. The van der Waals surface area contributed by atoms with Gasteiger partial charge in [-0.25, -0.2) is 4.79 Å². The second-order valence-electron chi connectivity index (χ2n) is 13.4. The summed E-state index contributed by atoms with van der Waals surface area (Å²) < 4.78 is 6.95. The number of ketones is 2. The standard InChI is InChI=1S/C38H38N2O6/c1-3-40-32-12-9-27(35(42)31(11-14-34(41)45-2)39-46-37(44)26-7-5-4-6-8-26)18-29(32)30-19-28(10-13-33(30)40)36(43)38-20-23-15-24(21-38)17-25(16-23)22-38/h4-10,12-13,18-19,23-25H,3,11,14-17,20-22H2,1-2H3/b39-31-. The Balaban J connectivity index is 1.24. The van der Waals surface area contributed by atoms with Crippen molar-refractivity contribution < 1.29 is 28.8 Å². The molecule has 0 amide bonds. The van der Waals surface area contributed by atoms with Crippen LogP contribution in [0.2, 0.25) is 0 Å².